The van der Waals surface area contributed by atoms with Crippen LogP contribution in [0.5, 0.6) is 0 Å². The second-order valence-corrected chi connectivity index (χ2v) is 14.4. The highest BCUT2D eigenvalue weighted by molar-refractivity contribution is 7.91. The summed E-state index contributed by atoms with van der Waals surface area (Å²) in [4.78, 5) is 0. The Morgan fingerprint density at radius 2 is 1.62 bits per heavy atom. The van der Waals surface area contributed by atoms with Crippen molar-refractivity contribution in [3.8, 4) is 0 Å². The topological polar surface area (TPSA) is 53.9 Å². The normalized spacial score (nSPS) is 15.7. The SMILES string of the molecule is CC(C)(C)[S+]([O-])N=CCCOCCO[Si](C)(C)C(C)(C)C. The maximum Gasteiger partial charge on any atom is 0.192 e. The van der Waals surface area contributed by atoms with Gasteiger partial charge in [0.05, 0.1) is 26.0 Å². The quantitative estimate of drug-likeness (QED) is 0.292. The molecule has 1 atom stereocenters. The Kier molecular flexibility index (Phi) is 8.72. The van der Waals surface area contributed by atoms with Crippen molar-refractivity contribution < 1.29 is 13.7 Å². The van der Waals surface area contributed by atoms with Crippen LogP contribution in [0.1, 0.15) is 48.0 Å². The summed E-state index contributed by atoms with van der Waals surface area (Å²) in [5.74, 6) is 0. The number of nitrogens with zero attached hydrogens (tertiary/aromatic N) is 1. The third-order valence-electron chi connectivity index (χ3n) is 3.58. The van der Waals surface area contributed by atoms with Gasteiger partial charge in [0.25, 0.3) is 0 Å². The van der Waals surface area contributed by atoms with Gasteiger partial charge >= 0.3 is 0 Å². The molecular formula is C15H33NO3SSi. The Morgan fingerprint density at radius 1 is 1.05 bits per heavy atom. The molecule has 0 aromatic carbocycles. The summed E-state index contributed by atoms with van der Waals surface area (Å²) in [6.07, 6.45) is 2.37. The Bertz CT molecular complexity index is 322. The lowest BCUT2D eigenvalue weighted by Crippen LogP contribution is -2.41. The Balaban J connectivity index is 3.74. The largest absolute Gasteiger partial charge is 0.591 e. The molecule has 1 unspecified atom stereocenters. The molecule has 0 heterocycles. The number of rotatable bonds is 8. The van der Waals surface area contributed by atoms with Crippen LogP contribution in [0.2, 0.25) is 18.1 Å². The lowest BCUT2D eigenvalue weighted by molar-refractivity contribution is 0.101. The van der Waals surface area contributed by atoms with Crippen LogP contribution in [-0.4, -0.2) is 43.7 Å². The van der Waals surface area contributed by atoms with E-state index in [0.29, 0.717) is 26.2 Å². The fourth-order valence-electron chi connectivity index (χ4n) is 1.09. The molecule has 0 radical (unpaired) electrons. The molecule has 21 heavy (non-hydrogen) atoms. The van der Waals surface area contributed by atoms with Crippen LogP contribution in [0.3, 0.4) is 0 Å². The summed E-state index contributed by atoms with van der Waals surface area (Å²) in [6, 6.07) is 0. The molecule has 0 aliphatic carbocycles. The summed E-state index contributed by atoms with van der Waals surface area (Å²) in [5.41, 5.74) is 0. The van der Waals surface area contributed by atoms with E-state index in [2.05, 4.69) is 38.3 Å². The molecule has 0 N–H and O–H groups in total. The first-order valence-electron chi connectivity index (χ1n) is 7.54. The maximum atomic E-state index is 11.7. The molecule has 4 nitrogen and oxygen atoms in total. The zero-order valence-electron chi connectivity index (χ0n) is 15.0. The van der Waals surface area contributed by atoms with Gasteiger partial charge in [0.1, 0.15) is 16.1 Å². The molecule has 0 aliphatic rings. The fourth-order valence-corrected chi connectivity index (χ4v) is 2.67. The molecule has 0 amide bonds. The summed E-state index contributed by atoms with van der Waals surface area (Å²) in [6.45, 7) is 18.7. The molecule has 0 fully saturated rings. The zero-order chi connectivity index (χ0) is 16.7. The standard InChI is InChI=1S/C15H33NO3SSi/c1-14(2,3)20(17)16-10-9-11-18-12-13-19-21(7,8)15(4,5)6/h10H,9,11-13H2,1-8H3. The van der Waals surface area contributed by atoms with E-state index in [0.717, 1.165) is 0 Å². The molecule has 0 saturated carbocycles. The van der Waals surface area contributed by atoms with E-state index in [1.165, 1.54) is 0 Å². The van der Waals surface area contributed by atoms with Crippen molar-refractivity contribution in [2.45, 2.75) is 70.8 Å². The van der Waals surface area contributed by atoms with Crippen LogP contribution >= 0.6 is 0 Å². The molecule has 0 aliphatic heterocycles. The van der Waals surface area contributed by atoms with Crippen LogP contribution in [-0.2, 0) is 20.5 Å². The fraction of sp³-hybridized carbons (Fsp3) is 0.933. The van der Waals surface area contributed by atoms with Crippen molar-refractivity contribution in [3.63, 3.8) is 0 Å². The number of hydrogen-bond acceptors (Lipinski definition) is 4. The Labute approximate surface area is 135 Å². The first-order chi connectivity index (χ1) is 9.38. The molecule has 0 rings (SSSR count). The van der Waals surface area contributed by atoms with Gasteiger partial charge in [-0.1, -0.05) is 25.2 Å². The van der Waals surface area contributed by atoms with Crippen LogP contribution in [0.15, 0.2) is 4.40 Å². The van der Waals surface area contributed by atoms with Crippen LogP contribution in [0.25, 0.3) is 0 Å². The predicted octanol–water partition coefficient (Wildman–Crippen LogP) is 3.95. The average molecular weight is 336 g/mol. The van der Waals surface area contributed by atoms with Gasteiger partial charge < -0.3 is 13.7 Å². The highest BCUT2D eigenvalue weighted by Gasteiger charge is 2.36. The molecule has 126 valence electrons. The third kappa shape index (κ3) is 8.98. The highest BCUT2D eigenvalue weighted by Crippen LogP contribution is 2.36. The number of hydrogen-bond donors (Lipinski definition) is 0. The zero-order valence-corrected chi connectivity index (χ0v) is 16.8. The second kappa shape index (κ2) is 8.67. The smallest absolute Gasteiger partial charge is 0.192 e. The van der Waals surface area contributed by atoms with E-state index in [4.69, 9.17) is 9.16 Å². The highest BCUT2D eigenvalue weighted by atomic mass is 32.2. The summed E-state index contributed by atoms with van der Waals surface area (Å²) in [5, 5.41) is 0.233. The lowest BCUT2D eigenvalue weighted by Gasteiger charge is -2.36. The van der Waals surface area contributed by atoms with E-state index in [1.54, 1.807) is 6.21 Å². The van der Waals surface area contributed by atoms with Crippen molar-refractivity contribution in [2.24, 2.45) is 4.40 Å². The Hall–Kier alpha value is 0.117. The minimum atomic E-state index is -1.66. The molecule has 0 spiro atoms. The van der Waals surface area contributed by atoms with Crippen molar-refractivity contribution >= 4 is 25.9 Å². The van der Waals surface area contributed by atoms with Gasteiger partial charge in [0.15, 0.2) is 8.32 Å². The predicted molar refractivity (Wildman–Crippen MR) is 95.0 cm³/mol. The van der Waals surface area contributed by atoms with Crippen molar-refractivity contribution in [2.75, 3.05) is 19.8 Å². The van der Waals surface area contributed by atoms with Gasteiger partial charge in [-0.05, 0) is 38.9 Å². The van der Waals surface area contributed by atoms with Gasteiger partial charge in [-0.2, -0.15) is 0 Å². The second-order valence-electron chi connectivity index (χ2n) is 7.66. The molecule has 0 saturated heterocycles. The van der Waals surface area contributed by atoms with Crippen molar-refractivity contribution in [3.05, 3.63) is 0 Å². The van der Waals surface area contributed by atoms with E-state index in [-0.39, 0.29) is 9.79 Å². The molecule has 6 heteroatoms. The van der Waals surface area contributed by atoms with Gasteiger partial charge in [-0.25, -0.2) is 0 Å². The van der Waals surface area contributed by atoms with Gasteiger partial charge in [0, 0.05) is 6.42 Å². The monoisotopic (exact) mass is 335 g/mol. The van der Waals surface area contributed by atoms with Crippen LogP contribution in [0.4, 0.5) is 0 Å². The Morgan fingerprint density at radius 3 is 2.10 bits per heavy atom. The van der Waals surface area contributed by atoms with E-state index >= 15 is 0 Å². The van der Waals surface area contributed by atoms with Crippen LogP contribution < -0.4 is 0 Å². The summed E-state index contributed by atoms with van der Waals surface area (Å²) >= 11 is -1.17. The van der Waals surface area contributed by atoms with E-state index in [1.807, 2.05) is 20.8 Å². The van der Waals surface area contributed by atoms with Crippen molar-refractivity contribution in [1.82, 2.24) is 0 Å². The van der Waals surface area contributed by atoms with Gasteiger partial charge in [0.2, 0.25) is 0 Å². The van der Waals surface area contributed by atoms with E-state index in [9.17, 15) is 4.55 Å². The average Bonchev–Trinajstić information content (AvgIpc) is 2.29. The summed E-state index contributed by atoms with van der Waals surface area (Å²) < 4.78 is 26.9. The molecule has 0 aromatic heterocycles. The molecule has 0 aromatic rings. The van der Waals surface area contributed by atoms with Crippen LogP contribution in [0, 0.1) is 0 Å². The third-order valence-corrected chi connectivity index (χ3v) is 9.51. The lowest BCUT2D eigenvalue weighted by atomic mass is 10.2. The minimum absolute atomic E-state index is 0.233. The summed E-state index contributed by atoms with van der Waals surface area (Å²) in [7, 11) is -1.66. The first-order valence-corrected chi connectivity index (χ1v) is 11.6. The maximum absolute atomic E-state index is 11.7. The number of ether oxygens (including phenoxy) is 1. The van der Waals surface area contributed by atoms with Crippen molar-refractivity contribution in [1.29, 1.82) is 0 Å². The van der Waals surface area contributed by atoms with Gasteiger partial charge in [-0.3, -0.25) is 0 Å². The first kappa shape index (κ1) is 21.1. The minimum Gasteiger partial charge on any atom is -0.591 e. The molecular weight excluding hydrogens is 302 g/mol. The molecule has 0 bridgehead atoms. The van der Waals surface area contributed by atoms with Gasteiger partial charge in [-0.15, -0.1) is 0 Å². The van der Waals surface area contributed by atoms with E-state index < -0.39 is 19.7 Å².